The van der Waals surface area contributed by atoms with Gasteiger partial charge in [0.25, 0.3) is 5.91 Å². The molecule has 1 aromatic heterocycles. The van der Waals surface area contributed by atoms with Crippen LogP contribution in [-0.2, 0) is 4.79 Å². The van der Waals surface area contributed by atoms with Crippen LogP contribution in [0.4, 0.5) is 20.2 Å². The number of nitrogens with one attached hydrogen (secondary N) is 2. The average Bonchev–Trinajstić information content (AvgIpc) is 3.07. The predicted molar refractivity (Wildman–Crippen MR) is 118 cm³/mol. The summed E-state index contributed by atoms with van der Waals surface area (Å²) in [5, 5.41) is 9.82. The Morgan fingerprint density at radius 1 is 1.09 bits per heavy atom. The fourth-order valence-corrected chi connectivity index (χ4v) is 3.36. The van der Waals surface area contributed by atoms with Crippen molar-refractivity contribution in [3.63, 3.8) is 0 Å². The van der Waals surface area contributed by atoms with Gasteiger partial charge in [-0.2, -0.15) is 13.9 Å². The molecule has 2 amide bonds. The molecule has 7 nitrogen and oxygen atoms in total. The number of nitrogens with zero attached hydrogens (tertiary/aromatic N) is 2. The summed E-state index contributed by atoms with van der Waals surface area (Å²) in [6.45, 7) is 2.36. The molecule has 1 heterocycles. The van der Waals surface area contributed by atoms with Crippen molar-refractivity contribution in [1.29, 1.82) is 0 Å². The minimum atomic E-state index is -3.06. The van der Waals surface area contributed by atoms with Gasteiger partial charge >= 0.3 is 6.61 Å². The first-order chi connectivity index (χ1) is 15.2. The Kier molecular flexibility index (Phi) is 7.09. The highest BCUT2D eigenvalue weighted by molar-refractivity contribution is 6.34. The van der Waals surface area contributed by atoms with Gasteiger partial charge in [0.2, 0.25) is 5.91 Å². The molecule has 1 atom stereocenters. The first kappa shape index (κ1) is 23.2. The maximum Gasteiger partial charge on any atom is 0.387 e. The van der Waals surface area contributed by atoms with E-state index in [1.54, 1.807) is 11.6 Å². The third-order valence-corrected chi connectivity index (χ3v) is 4.94. The number of hydrogen-bond acceptors (Lipinski definition) is 4. The maximum absolute atomic E-state index is 12.6. The van der Waals surface area contributed by atoms with Crippen LogP contribution in [0.2, 0.25) is 5.02 Å². The molecule has 0 radical (unpaired) electrons. The van der Waals surface area contributed by atoms with Gasteiger partial charge in [-0.05, 0) is 57.2 Å². The van der Waals surface area contributed by atoms with Crippen molar-refractivity contribution in [3.05, 3.63) is 70.5 Å². The number of amides is 2. The summed E-state index contributed by atoms with van der Waals surface area (Å²) in [7, 11) is 0. The summed E-state index contributed by atoms with van der Waals surface area (Å²) in [4.78, 5) is 25.1. The lowest BCUT2D eigenvalue weighted by molar-refractivity contribution is -0.119. The lowest BCUT2D eigenvalue weighted by atomic mass is 10.1. The Bertz CT molecular complexity index is 1150. The molecule has 0 saturated carbocycles. The summed E-state index contributed by atoms with van der Waals surface area (Å²) in [5.41, 5.74) is 2.27. The molecular formula is C22H21ClF2N4O3. The Labute approximate surface area is 188 Å². The van der Waals surface area contributed by atoms with E-state index in [2.05, 4.69) is 20.5 Å². The Balaban J connectivity index is 1.71. The minimum absolute atomic E-state index is 0.0555. The SMILES string of the molecule is Cc1cc(C)n(C(C)C(=O)Nc2ccc(NC(=O)c3ccccc3OC(F)F)cc2Cl)n1. The lowest BCUT2D eigenvalue weighted by Gasteiger charge is -2.16. The van der Waals surface area contributed by atoms with Gasteiger partial charge in [-0.1, -0.05) is 23.7 Å². The van der Waals surface area contributed by atoms with Crippen molar-refractivity contribution < 1.29 is 23.1 Å². The zero-order chi connectivity index (χ0) is 23.4. The molecule has 0 saturated heterocycles. The fourth-order valence-electron chi connectivity index (χ4n) is 3.13. The quantitative estimate of drug-likeness (QED) is 0.505. The van der Waals surface area contributed by atoms with Gasteiger partial charge in [0, 0.05) is 11.4 Å². The second kappa shape index (κ2) is 9.78. The fraction of sp³-hybridized carbons (Fsp3) is 0.227. The van der Waals surface area contributed by atoms with E-state index in [-0.39, 0.29) is 22.2 Å². The van der Waals surface area contributed by atoms with E-state index in [0.29, 0.717) is 11.4 Å². The number of benzene rings is 2. The zero-order valence-electron chi connectivity index (χ0n) is 17.5. The Hall–Kier alpha value is -3.46. The monoisotopic (exact) mass is 462 g/mol. The molecule has 0 spiro atoms. The van der Waals surface area contributed by atoms with Gasteiger partial charge in [0.05, 0.1) is 22.0 Å². The second-order valence-corrected chi connectivity index (χ2v) is 7.47. The van der Waals surface area contributed by atoms with Crippen LogP contribution in [0.5, 0.6) is 5.75 Å². The molecule has 1 unspecified atom stereocenters. The number of halogens is 3. The molecule has 0 aliphatic carbocycles. The van der Waals surface area contributed by atoms with E-state index in [9.17, 15) is 18.4 Å². The number of anilines is 2. The number of alkyl halides is 2. The number of rotatable bonds is 7. The molecule has 32 heavy (non-hydrogen) atoms. The van der Waals surface area contributed by atoms with Crippen LogP contribution in [0, 0.1) is 13.8 Å². The van der Waals surface area contributed by atoms with Crippen LogP contribution in [0.25, 0.3) is 0 Å². The smallest absolute Gasteiger partial charge is 0.387 e. The third kappa shape index (κ3) is 5.42. The van der Waals surface area contributed by atoms with E-state index in [1.807, 2.05) is 19.9 Å². The molecule has 2 N–H and O–H groups in total. The van der Waals surface area contributed by atoms with Gasteiger partial charge in [0.1, 0.15) is 11.8 Å². The largest absolute Gasteiger partial charge is 0.434 e. The van der Waals surface area contributed by atoms with Gasteiger partial charge < -0.3 is 15.4 Å². The van der Waals surface area contributed by atoms with Crippen LogP contribution in [-0.4, -0.2) is 28.2 Å². The van der Waals surface area contributed by atoms with Gasteiger partial charge in [-0.25, -0.2) is 0 Å². The molecule has 0 aliphatic rings. The molecule has 3 rings (SSSR count). The van der Waals surface area contributed by atoms with E-state index in [1.165, 1.54) is 42.5 Å². The Morgan fingerprint density at radius 2 is 1.81 bits per heavy atom. The normalized spacial score (nSPS) is 11.8. The number of ether oxygens (including phenoxy) is 1. The summed E-state index contributed by atoms with van der Waals surface area (Å²) < 4.78 is 31.1. The standard InChI is InChI=1S/C22H21ClF2N4O3/c1-12-10-13(2)29(28-12)14(3)20(30)27-18-9-8-15(11-17(18)23)26-21(31)16-6-4-5-7-19(16)32-22(24)25/h4-11,14,22H,1-3H3,(H,26,31)(H,27,30). The summed E-state index contributed by atoms with van der Waals surface area (Å²) in [5.74, 6) is -1.20. The molecule has 0 aliphatic heterocycles. The Morgan fingerprint density at radius 3 is 2.44 bits per heavy atom. The molecule has 168 valence electrons. The van der Waals surface area contributed by atoms with Crippen molar-refractivity contribution in [2.75, 3.05) is 10.6 Å². The van der Waals surface area contributed by atoms with Crippen LogP contribution < -0.4 is 15.4 Å². The first-order valence-electron chi connectivity index (χ1n) is 9.64. The van der Waals surface area contributed by atoms with Crippen LogP contribution in [0.3, 0.4) is 0 Å². The van der Waals surface area contributed by atoms with Crippen LogP contribution in [0.1, 0.15) is 34.7 Å². The minimum Gasteiger partial charge on any atom is -0.434 e. The van der Waals surface area contributed by atoms with E-state index >= 15 is 0 Å². The highest BCUT2D eigenvalue weighted by Crippen LogP contribution is 2.28. The number of carbonyl (C=O) groups is 2. The lowest BCUT2D eigenvalue weighted by Crippen LogP contribution is -2.25. The number of aryl methyl sites for hydroxylation is 2. The van der Waals surface area contributed by atoms with Crippen molar-refractivity contribution in [2.24, 2.45) is 0 Å². The van der Waals surface area contributed by atoms with Gasteiger partial charge in [-0.15, -0.1) is 0 Å². The summed E-state index contributed by atoms with van der Waals surface area (Å²) in [6, 6.07) is 11.5. The molecule has 0 bridgehead atoms. The van der Waals surface area contributed by atoms with Crippen molar-refractivity contribution >= 4 is 34.8 Å². The number of carbonyl (C=O) groups excluding carboxylic acids is 2. The van der Waals surface area contributed by atoms with Gasteiger partial charge in [-0.3, -0.25) is 14.3 Å². The topological polar surface area (TPSA) is 85.2 Å². The van der Waals surface area contributed by atoms with Crippen LogP contribution >= 0.6 is 11.6 Å². The van der Waals surface area contributed by atoms with Gasteiger partial charge in [0.15, 0.2) is 0 Å². The van der Waals surface area contributed by atoms with Crippen molar-refractivity contribution in [3.8, 4) is 5.75 Å². The van der Waals surface area contributed by atoms with Crippen molar-refractivity contribution in [2.45, 2.75) is 33.4 Å². The zero-order valence-corrected chi connectivity index (χ0v) is 18.3. The highest BCUT2D eigenvalue weighted by atomic mass is 35.5. The molecule has 3 aromatic rings. The highest BCUT2D eigenvalue weighted by Gasteiger charge is 2.20. The summed E-state index contributed by atoms with van der Waals surface area (Å²) in [6.07, 6.45) is 0. The molecule has 2 aromatic carbocycles. The number of para-hydroxylation sites is 1. The number of aromatic nitrogens is 2. The molecular weight excluding hydrogens is 442 g/mol. The number of hydrogen-bond donors (Lipinski definition) is 2. The third-order valence-electron chi connectivity index (χ3n) is 4.62. The first-order valence-corrected chi connectivity index (χ1v) is 10.0. The summed E-state index contributed by atoms with van der Waals surface area (Å²) >= 11 is 6.28. The van der Waals surface area contributed by atoms with E-state index in [0.717, 1.165) is 11.4 Å². The second-order valence-electron chi connectivity index (χ2n) is 7.06. The maximum atomic E-state index is 12.6. The molecule has 10 heteroatoms. The van der Waals surface area contributed by atoms with E-state index < -0.39 is 18.6 Å². The average molecular weight is 463 g/mol. The van der Waals surface area contributed by atoms with Crippen LogP contribution in [0.15, 0.2) is 48.5 Å². The predicted octanol–water partition coefficient (Wildman–Crippen LogP) is 5.21. The molecule has 0 fully saturated rings. The van der Waals surface area contributed by atoms with Crippen molar-refractivity contribution in [1.82, 2.24) is 9.78 Å². The van der Waals surface area contributed by atoms with E-state index in [4.69, 9.17) is 11.6 Å².